The summed E-state index contributed by atoms with van der Waals surface area (Å²) < 4.78 is 20.4. The molecular formula is C19H22FN3O4. The van der Waals surface area contributed by atoms with Crippen molar-refractivity contribution in [2.45, 2.75) is 25.2 Å². The van der Waals surface area contributed by atoms with E-state index in [0.717, 1.165) is 0 Å². The second-order valence-electron chi connectivity index (χ2n) is 6.60. The summed E-state index contributed by atoms with van der Waals surface area (Å²) in [5.41, 5.74) is 0.539. The van der Waals surface area contributed by atoms with Gasteiger partial charge in [0.25, 0.3) is 0 Å². The highest BCUT2D eigenvalue weighted by atomic mass is 19.1. The number of hydrogen-bond donors (Lipinski definition) is 1. The van der Waals surface area contributed by atoms with Gasteiger partial charge in [-0.1, -0.05) is 12.1 Å². The highest BCUT2D eigenvalue weighted by molar-refractivity contribution is 5.82. The third-order valence-corrected chi connectivity index (χ3v) is 4.68. The summed E-state index contributed by atoms with van der Waals surface area (Å²) in [6.07, 6.45) is 0.634. The van der Waals surface area contributed by atoms with Crippen LogP contribution in [0.5, 0.6) is 0 Å². The van der Waals surface area contributed by atoms with Crippen molar-refractivity contribution in [2.24, 2.45) is 0 Å². The molecule has 2 heterocycles. The highest BCUT2D eigenvalue weighted by Gasteiger charge is 2.35. The number of aromatic nitrogens is 1. The van der Waals surface area contributed by atoms with Gasteiger partial charge in [-0.25, -0.2) is 4.39 Å². The van der Waals surface area contributed by atoms with Gasteiger partial charge in [-0.3, -0.25) is 14.4 Å². The molecule has 0 aliphatic carbocycles. The lowest BCUT2D eigenvalue weighted by molar-refractivity contribution is -0.133. The second-order valence-corrected chi connectivity index (χ2v) is 6.60. The molecule has 0 unspecified atom stereocenters. The molecule has 7 nitrogen and oxygen atoms in total. The number of rotatable bonds is 6. The summed E-state index contributed by atoms with van der Waals surface area (Å²) in [6, 6.07) is 8.06. The van der Waals surface area contributed by atoms with Crippen molar-refractivity contribution in [3.8, 4) is 0 Å². The molecule has 2 atom stereocenters. The Kier molecular flexibility index (Phi) is 5.85. The monoisotopic (exact) mass is 375 g/mol. The average molecular weight is 375 g/mol. The van der Waals surface area contributed by atoms with Gasteiger partial charge in [-0.2, -0.15) is 0 Å². The van der Waals surface area contributed by atoms with E-state index in [9.17, 15) is 18.8 Å². The summed E-state index contributed by atoms with van der Waals surface area (Å²) in [7, 11) is 1.41. The fourth-order valence-electron chi connectivity index (χ4n) is 3.41. The molecule has 1 fully saturated rings. The van der Waals surface area contributed by atoms with E-state index in [0.29, 0.717) is 10.9 Å². The molecular weight excluding hydrogens is 353 g/mol. The molecule has 27 heavy (non-hydrogen) atoms. The Balaban J connectivity index is 1.74. The van der Waals surface area contributed by atoms with Gasteiger partial charge in [0.15, 0.2) is 5.43 Å². The van der Waals surface area contributed by atoms with E-state index < -0.39 is 12.2 Å². The Hall–Kier alpha value is -2.74. The zero-order chi connectivity index (χ0) is 19.4. The molecule has 1 aromatic carbocycles. The van der Waals surface area contributed by atoms with Crippen LogP contribution in [0.3, 0.4) is 0 Å². The molecule has 1 aromatic heterocycles. The van der Waals surface area contributed by atoms with Crippen LogP contribution in [-0.2, 0) is 20.9 Å². The Morgan fingerprint density at radius 1 is 1.30 bits per heavy atom. The fraction of sp³-hybridized carbons (Fsp3) is 0.421. The van der Waals surface area contributed by atoms with Crippen LogP contribution in [0.1, 0.15) is 6.42 Å². The molecule has 3 rings (SSSR count). The van der Waals surface area contributed by atoms with E-state index in [-0.39, 0.29) is 49.9 Å². The number of nitrogens with zero attached hydrogens (tertiary/aromatic N) is 2. The first-order chi connectivity index (χ1) is 13.0. The van der Waals surface area contributed by atoms with Gasteiger partial charge < -0.3 is 19.5 Å². The van der Waals surface area contributed by atoms with Gasteiger partial charge in [0.05, 0.1) is 18.1 Å². The third-order valence-electron chi connectivity index (χ3n) is 4.68. The number of alkyl halides is 1. The van der Waals surface area contributed by atoms with Gasteiger partial charge in [0.2, 0.25) is 11.8 Å². The van der Waals surface area contributed by atoms with E-state index in [1.165, 1.54) is 18.1 Å². The molecule has 0 spiro atoms. The van der Waals surface area contributed by atoms with Crippen LogP contribution in [0.4, 0.5) is 4.39 Å². The number of para-hydroxylation sites is 1. The summed E-state index contributed by atoms with van der Waals surface area (Å²) in [5, 5.41) is 3.19. The van der Waals surface area contributed by atoms with Gasteiger partial charge in [0, 0.05) is 37.7 Å². The first kappa shape index (κ1) is 19.0. The molecule has 1 saturated heterocycles. The van der Waals surface area contributed by atoms with Crippen molar-refractivity contribution in [3.63, 3.8) is 0 Å². The molecule has 8 heteroatoms. The molecule has 0 bridgehead atoms. The average Bonchev–Trinajstić information content (AvgIpc) is 3.04. The minimum atomic E-state index is -1.12. The Morgan fingerprint density at radius 2 is 2.07 bits per heavy atom. The maximum Gasteiger partial charge on any atom is 0.246 e. The van der Waals surface area contributed by atoms with Crippen molar-refractivity contribution in [1.29, 1.82) is 0 Å². The topological polar surface area (TPSA) is 80.6 Å². The molecule has 1 aliphatic rings. The maximum atomic E-state index is 13.9. The number of likely N-dealkylation sites (tertiary alicyclic amines) is 1. The number of amides is 2. The van der Waals surface area contributed by atoms with Crippen molar-refractivity contribution in [2.75, 3.05) is 26.8 Å². The minimum Gasteiger partial charge on any atom is -0.375 e. The number of methoxy groups -OCH3 is 1. The van der Waals surface area contributed by atoms with E-state index in [1.54, 1.807) is 35.0 Å². The van der Waals surface area contributed by atoms with Crippen LogP contribution >= 0.6 is 0 Å². The van der Waals surface area contributed by atoms with Gasteiger partial charge in [-0.15, -0.1) is 0 Å². The van der Waals surface area contributed by atoms with E-state index >= 15 is 0 Å². The largest absolute Gasteiger partial charge is 0.375 e. The zero-order valence-corrected chi connectivity index (χ0v) is 15.1. The van der Waals surface area contributed by atoms with Gasteiger partial charge in [0.1, 0.15) is 19.3 Å². The summed E-state index contributed by atoms with van der Waals surface area (Å²) in [4.78, 5) is 37.8. The number of ether oxygens (including phenoxy) is 1. The second kappa shape index (κ2) is 8.30. The highest BCUT2D eigenvalue weighted by Crippen LogP contribution is 2.21. The Morgan fingerprint density at radius 3 is 2.85 bits per heavy atom. The third kappa shape index (κ3) is 4.33. The SMILES string of the molecule is COCC(=O)NC[C@@H]1C[C@H](F)CN1C(=O)Cn1ccc(=O)c2ccccc21. The molecule has 2 aromatic rings. The van der Waals surface area contributed by atoms with E-state index in [4.69, 9.17) is 4.74 Å². The lowest BCUT2D eigenvalue weighted by atomic mass is 10.2. The molecule has 0 radical (unpaired) electrons. The number of hydrogen-bond acceptors (Lipinski definition) is 4. The maximum absolute atomic E-state index is 13.9. The number of carbonyl (C=O) groups is 2. The van der Waals surface area contributed by atoms with Crippen molar-refractivity contribution < 1.29 is 18.7 Å². The van der Waals surface area contributed by atoms with Crippen LogP contribution in [0.25, 0.3) is 10.9 Å². The van der Waals surface area contributed by atoms with Gasteiger partial charge in [-0.05, 0) is 12.1 Å². The van der Waals surface area contributed by atoms with E-state index in [1.807, 2.05) is 0 Å². The summed E-state index contributed by atoms with van der Waals surface area (Å²) >= 11 is 0. The van der Waals surface area contributed by atoms with Gasteiger partial charge >= 0.3 is 0 Å². The number of benzene rings is 1. The van der Waals surface area contributed by atoms with Crippen molar-refractivity contribution in [3.05, 3.63) is 46.8 Å². The standard InChI is InChI=1S/C19H22FN3O4/c1-27-12-18(25)21-9-14-8-13(20)10-23(14)19(26)11-22-7-6-17(24)15-4-2-3-5-16(15)22/h2-7,13-14H,8-12H2,1H3,(H,21,25)/t13-,14-/m0/s1. The zero-order valence-electron chi connectivity index (χ0n) is 15.1. The summed E-state index contributed by atoms with van der Waals surface area (Å²) in [5.74, 6) is -0.562. The van der Waals surface area contributed by atoms with Crippen molar-refractivity contribution in [1.82, 2.24) is 14.8 Å². The molecule has 0 saturated carbocycles. The first-order valence-corrected chi connectivity index (χ1v) is 8.77. The normalized spacial score (nSPS) is 19.4. The lowest BCUT2D eigenvalue weighted by Crippen LogP contribution is -2.45. The first-order valence-electron chi connectivity index (χ1n) is 8.77. The summed E-state index contributed by atoms with van der Waals surface area (Å²) in [6.45, 7) is 0.0974. The smallest absolute Gasteiger partial charge is 0.246 e. The number of pyridine rings is 1. The predicted molar refractivity (Wildman–Crippen MR) is 98.1 cm³/mol. The van der Waals surface area contributed by atoms with Crippen LogP contribution in [0.2, 0.25) is 0 Å². The van der Waals surface area contributed by atoms with Crippen LogP contribution in [0.15, 0.2) is 41.3 Å². The Bertz CT molecular complexity index is 898. The number of fused-ring (bicyclic) bond motifs is 1. The van der Waals surface area contributed by atoms with Crippen LogP contribution in [0, 0.1) is 0 Å². The number of nitrogens with one attached hydrogen (secondary N) is 1. The number of carbonyl (C=O) groups excluding carboxylic acids is 2. The minimum absolute atomic E-state index is 0.00177. The molecule has 2 amide bonds. The Labute approximate surface area is 155 Å². The van der Waals surface area contributed by atoms with E-state index in [2.05, 4.69) is 5.32 Å². The van der Waals surface area contributed by atoms with Crippen molar-refractivity contribution >= 4 is 22.7 Å². The number of halogens is 1. The van der Waals surface area contributed by atoms with Crippen LogP contribution in [-0.4, -0.2) is 60.3 Å². The quantitative estimate of drug-likeness (QED) is 0.806. The molecule has 144 valence electrons. The fourth-order valence-corrected chi connectivity index (χ4v) is 3.41. The molecule has 1 aliphatic heterocycles. The lowest BCUT2D eigenvalue weighted by Gasteiger charge is -2.25. The predicted octanol–water partition coefficient (Wildman–Crippen LogP) is 0.703. The molecule has 1 N–H and O–H groups in total. The van der Waals surface area contributed by atoms with Crippen LogP contribution < -0.4 is 10.7 Å².